The summed E-state index contributed by atoms with van der Waals surface area (Å²) in [4.78, 5) is 35.2. The van der Waals surface area contributed by atoms with E-state index in [2.05, 4.69) is 10.6 Å². The summed E-state index contributed by atoms with van der Waals surface area (Å²) in [5, 5.41) is 14.0. The summed E-state index contributed by atoms with van der Waals surface area (Å²) in [6, 6.07) is 14.4. The number of carbonyl (C=O) groups is 3. The van der Waals surface area contributed by atoms with Crippen LogP contribution in [0.3, 0.4) is 0 Å². The number of carboxylic acid groups (broad SMARTS) is 1. The van der Waals surface area contributed by atoms with Gasteiger partial charge in [0.05, 0.1) is 5.56 Å². The number of aliphatic carboxylic acids is 1. The maximum absolute atomic E-state index is 12.5. The zero-order chi connectivity index (χ0) is 19.8. The zero-order valence-corrected chi connectivity index (χ0v) is 16.0. The zero-order valence-electron chi connectivity index (χ0n) is 15.2. The van der Waals surface area contributed by atoms with Gasteiger partial charge in [0.15, 0.2) is 0 Å². The molecule has 2 amide bonds. The lowest BCUT2D eigenvalue weighted by Gasteiger charge is -2.12. The van der Waals surface area contributed by atoms with Crippen LogP contribution in [0.1, 0.15) is 29.8 Å². The van der Waals surface area contributed by atoms with Crippen molar-refractivity contribution in [3.8, 4) is 0 Å². The second-order valence-corrected chi connectivity index (χ2v) is 7.36. The third-order valence-corrected chi connectivity index (χ3v) is 4.92. The van der Waals surface area contributed by atoms with Crippen LogP contribution in [0.2, 0.25) is 0 Å². The molecule has 142 valence electrons. The quantitative estimate of drug-likeness (QED) is 0.606. The van der Waals surface area contributed by atoms with Crippen molar-refractivity contribution in [2.24, 2.45) is 0 Å². The molecule has 1 atom stereocenters. The molecule has 27 heavy (non-hydrogen) atoms. The van der Waals surface area contributed by atoms with E-state index >= 15 is 0 Å². The number of hydrogen-bond acceptors (Lipinski definition) is 4. The van der Waals surface area contributed by atoms with E-state index in [0.29, 0.717) is 23.4 Å². The molecule has 0 heterocycles. The van der Waals surface area contributed by atoms with Gasteiger partial charge in [-0.3, -0.25) is 14.4 Å². The highest BCUT2D eigenvalue weighted by molar-refractivity contribution is 8.00. The minimum Gasteiger partial charge on any atom is -0.480 e. The summed E-state index contributed by atoms with van der Waals surface area (Å²) in [5.74, 6) is -1.27. The average molecular weight is 386 g/mol. The average Bonchev–Trinajstić information content (AvgIpc) is 2.63. The van der Waals surface area contributed by atoms with Gasteiger partial charge in [-0.15, -0.1) is 11.8 Å². The topological polar surface area (TPSA) is 95.5 Å². The Balaban J connectivity index is 1.92. The Labute approximate surface area is 162 Å². The minimum atomic E-state index is -0.919. The van der Waals surface area contributed by atoms with Crippen molar-refractivity contribution in [2.75, 3.05) is 11.9 Å². The molecule has 0 aliphatic carbocycles. The van der Waals surface area contributed by atoms with Gasteiger partial charge in [0.1, 0.15) is 5.25 Å². The Hall–Kier alpha value is -2.80. The molecule has 0 saturated carbocycles. The molecule has 0 fully saturated rings. The first kappa shape index (κ1) is 20.5. The van der Waals surface area contributed by atoms with Crippen LogP contribution in [-0.4, -0.2) is 34.7 Å². The molecule has 0 aliphatic heterocycles. The molecule has 2 rings (SSSR count). The monoisotopic (exact) mass is 386 g/mol. The molecule has 0 spiro atoms. The van der Waals surface area contributed by atoms with Gasteiger partial charge >= 0.3 is 5.97 Å². The molecule has 0 saturated heterocycles. The molecule has 2 aromatic carbocycles. The predicted octanol–water partition coefficient (Wildman–Crippen LogP) is 3.18. The lowest BCUT2D eigenvalue weighted by molar-refractivity contribution is -0.136. The second-order valence-electron chi connectivity index (χ2n) is 5.98. The van der Waals surface area contributed by atoms with Crippen molar-refractivity contribution >= 4 is 35.2 Å². The Kier molecular flexibility index (Phi) is 7.43. The summed E-state index contributed by atoms with van der Waals surface area (Å²) in [5.41, 5.74) is 2.23. The number of thioether (sulfide) groups is 1. The molecular formula is C20H22N2O4S. The lowest BCUT2D eigenvalue weighted by Crippen LogP contribution is -2.26. The van der Waals surface area contributed by atoms with E-state index in [4.69, 9.17) is 5.11 Å². The van der Waals surface area contributed by atoms with E-state index in [1.165, 1.54) is 6.92 Å². The SMILES string of the molecule is CC(=O)Nc1ccc(CCNC(=O)c2ccccc2SC(C)C(=O)O)cc1. The normalized spacial score (nSPS) is 11.5. The summed E-state index contributed by atoms with van der Waals surface area (Å²) < 4.78 is 0. The molecule has 0 aliphatic rings. The van der Waals surface area contributed by atoms with Crippen molar-refractivity contribution in [3.05, 3.63) is 59.7 Å². The van der Waals surface area contributed by atoms with Gasteiger partial charge in [-0.05, 0) is 43.2 Å². The highest BCUT2D eigenvalue weighted by Gasteiger charge is 2.17. The van der Waals surface area contributed by atoms with Crippen molar-refractivity contribution in [2.45, 2.75) is 30.4 Å². The fraction of sp³-hybridized carbons (Fsp3) is 0.250. The van der Waals surface area contributed by atoms with Crippen molar-refractivity contribution in [1.29, 1.82) is 0 Å². The largest absolute Gasteiger partial charge is 0.480 e. The fourth-order valence-electron chi connectivity index (χ4n) is 2.37. The molecule has 3 N–H and O–H groups in total. The first-order valence-corrected chi connectivity index (χ1v) is 9.38. The Morgan fingerprint density at radius 2 is 1.74 bits per heavy atom. The number of benzene rings is 2. The minimum absolute atomic E-state index is 0.122. The van der Waals surface area contributed by atoms with Gasteiger partial charge in [0.2, 0.25) is 5.91 Å². The number of amides is 2. The number of hydrogen-bond donors (Lipinski definition) is 3. The summed E-state index contributed by atoms with van der Waals surface area (Å²) in [7, 11) is 0. The smallest absolute Gasteiger partial charge is 0.316 e. The van der Waals surface area contributed by atoms with E-state index in [0.717, 1.165) is 23.0 Å². The maximum Gasteiger partial charge on any atom is 0.316 e. The number of nitrogens with one attached hydrogen (secondary N) is 2. The Bertz CT molecular complexity index is 821. The van der Waals surface area contributed by atoms with Crippen LogP contribution >= 0.6 is 11.8 Å². The Morgan fingerprint density at radius 1 is 1.07 bits per heavy atom. The highest BCUT2D eigenvalue weighted by atomic mass is 32.2. The predicted molar refractivity (Wildman–Crippen MR) is 106 cm³/mol. The molecule has 2 aromatic rings. The number of carbonyl (C=O) groups excluding carboxylic acids is 2. The highest BCUT2D eigenvalue weighted by Crippen LogP contribution is 2.27. The van der Waals surface area contributed by atoms with Gasteiger partial charge in [-0.1, -0.05) is 24.3 Å². The van der Waals surface area contributed by atoms with Crippen molar-refractivity contribution in [3.63, 3.8) is 0 Å². The molecular weight excluding hydrogens is 364 g/mol. The first-order valence-electron chi connectivity index (χ1n) is 8.50. The number of anilines is 1. The summed E-state index contributed by atoms with van der Waals surface area (Å²) in [6.45, 7) is 3.49. The Morgan fingerprint density at radius 3 is 2.37 bits per heavy atom. The molecule has 0 radical (unpaired) electrons. The maximum atomic E-state index is 12.5. The molecule has 6 nitrogen and oxygen atoms in total. The summed E-state index contributed by atoms with van der Waals surface area (Å²) >= 11 is 1.15. The third kappa shape index (κ3) is 6.45. The van der Waals surface area contributed by atoms with Crippen LogP contribution in [0.15, 0.2) is 53.4 Å². The third-order valence-electron chi connectivity index (χ3n) is 3.76. The van der Waals surface area contributed by atoms with Gasteiger partial charge in [0.25, 0.3) is 5.91 Å². The van der Waals surface area contributed by atoms with Crippen molar-refractivity contribution < 1.29 is 19.5 Å². The number of rotatable bonds is 8. The second kappa shape index (κ2) is 9.78. The number of carboxylic acids is 1. The molecule has 0 bridgehead atoms. The van der Waals surface area contributed by atoms with Gasteiger partial charge in [-0.25, -0.2) is 0 Å². The first-order chi connectivity index (χ1) is 12.9. The van der Waals surface area contributed by atoms with Crippen LogP contribution in [0.5, 0.6) is 0 Å². The van der Waals surface area contributed by atoms with E-state index in [9.17, 15) is 14.4 Å². The van der Waals surface area contributed by atoms with Crippen LogP contribution in [-0.2, 0) is 16.0 Å². The van der Waals surface area contributed by atoms with Crippen LogP contribution in [0.4, 0.5) is 5.69 Å². The summed E-state index contributed by atoms with van der Waals surface area (Å²) in [6.07, 6.45) is 0.646. The van der Waals surface area contributed by atoms with Gasteiger partial charge in [0, 0.05) is 24.1 Å². The molecule has 7 heteroatoms. The standard InChI is InChI=1S/C20H22N2O4S/c1-13(20(25)26)27-18-6-4-3-5-17(18)19(24)21-12-11-15-7-9-16(10-8-15)22-14(2)23/h3-10,13H,11-12H2,1-2H3,(H,21,24)(H,22,23)(H,25,26). The fourth-order valence-corrected chi connectivity index (χ4v) is 3.30. The molecule has 0 aromatic heterocycles. The van der Waals surface area contributed by atoms with Gasteiger partial charge in [-0.2, -0.15) is 0 Å². The van der Waals surface area contributed by atoms with Crippen LogP contribution < -0.4 is 10.6 Å². The van der Waals surface area contributed by atoms with E-state index < -0.39 is 11.2 Å². The van der Waals surface area contributed by atoms with Crippen molar-refractivity contribution in [1.82, 2.24) is 5.32 Å². The lowest BCUT2D eigenvalue weighted by atomic mass is 10.1. The van der Waals surface area contributed by atoms with Crippen LogP contribution in [0.25, 0.3) is 0 Å². The van der Waals surface area contributed by atoms with E-state index in [1.807, 2.05) is 24.3 Å². The van der Waals surface area contributed by atoms with Gasteiger partial charge < -0.3 is 15.7 Å². The van der Waals surface area contributed by atoms with Crippen LogP contribution in [0, 0.1) is 0 Å². The van der Waals surface area contributed by atoms with E-state index in [-0.39, 0.29) is 11.8 Å². The van der Waals surface area contributed by atoms with E-state index in [1.54, 1.807) is 31.2 Å². The molecule has 1 unspecified atom stereocenters.